The Morgan fingerprint density at radius 3 is 2.62 bits per heavy atom. The number of rotatable bonds is 4. The third-order valence-electron chi connectivity index (χ3n) is 8.70. The normalized spacial score (nSPS) is 47.2. The zero-order chi connectivity index (χ0) is 16.9. The Morgan fingerprint density at radius 1 is 1.21 bits per heavy atom. The molecule has 0 N–H and O–H groups in total. The van der Waals surface area contributed by atoms with Gasteiger partial charge < -0.3 is 0 Å². The smallest absolute Gasteiger partial charge is 0.142 e. The first-order valence-electron chi connectivity index (χ1n) is 10.4. The van der Waals surface area contributed by atoms with Crippen LogP contribution in [0.1, 0.15) is 71.6 Å². The van der Waals surface area contributed by atoms with Gasteiger partial charge in [-0.15, -0.1) is 6.58 Å². The topological polar surface area (TPSA) is 17.1 Å². The Morgan fingerprint density at radius 2 is 2.00 bits per heavy atom. The molecule has 4 saturated carbocycles. The van der Waals surface area contributed by atoms with Crippen LogP contribution in [0.4, 0.5) is 0 Å². The van der Waals surface area contributed by atoms with Gasteiger partial charge in [0.15, 0.2) is 0 Å². The van der Waals surface area contributed by atoms with Crippen LogP contribution < -0.4 is 0 Å². The highest BCUT2D eigenvalue weighted by Gasteiger charge is 2.66. The summed E-state index contributed by atoms with van der Waals surface area (Å²) >= 11 is 0. The van der Waals surface area contributed by atoms with E-state index in [9.17, 15) is 4.79 Å². The van der Waals surface area contributed by atoms with Gasteiger partial charge in [-0.05, 0) is 97.9 Å². The molecule has 6 unspecified atom stereocenters. The van der Waals surface area contributed by atoms with Crippen molar-refractivity contribution in [2.24, 2.45) is 40.4 Å². The van der Waals surface area contributed by atoms with Gasteiger partial charge in [0.1, 0.15) is 6.29 Å². The number of allylic oxidation sites excluding steroid dienone is 3. The monoisotopic (exact) mass is 326 g/mol. The number of hydrogen-bond donors (Lipinski definition) is 0. The minimum atomic E-state index is 0.502. The molecular weight excluding hydrogens is 292 g/mol. The summed E-state index contributed by atoms with van der Waals surface area (Å²) in [5, 5.41) is 0. The van der Waals surface area contributed by atoms with Gasteiger partial charge in [0.25, 0.3) is 0 Å². The maximum absolute atomic E-state index is 11.1. The summed E-state index contributed by atoms with van der Waals surface area (Å²) in [6.07, 6.45) is 17.4. The van der Waals surface area contributed by atoms with Crippen molar-refractivity contribution in [3.63, 3.8) is 0 Å². The lowest BCUT2D eigenvalue weighted by Gasteiger charge is -2.53. The van der Waals surface area contributed by atoms with Crippen molar-refractivity contribution in [2.75, 3.05) is 0 Å². The molecule has 0 heterocycles. The predicted octanol–water partition coefficient (Wildman–Crippen LogP) is 5.96. The van der Waals surface area contributed by atoms with Gasteiger partial charge in [0.05, 0.1) is 0 Å². The SMILES string of the molecule is C=CC1C2(CC2)CC2C3CC/C(=C/C=O)C(CCC)C3CCC21C. The van der Waals surface area contributed by atoms with Gasteiger partial charge in [0, 0.05) is 0 Å². The summed E-state index contributed by atoms with van der Waals surface area (Å²) in [6, 6.07) is 0. The summed E-state index contributed by atoms with van der Waals surface area (Å²) in [7, 11) is 0. The Kier molecular flexibility index (Phi) is 4.05. The summed E-state index contributed by atoms with van der Waals surface area (Å²) < 4.78 is 0. The highest BCUT2D eigenvalue weighted by molar-refractivity contribution is 5.66. The van der Waals surface area contributed by atoms with Crippen molar-refractivity contribution >= 4 is 6.29 Å². The van der Waals surface area contributed by atoms with Gasteiger partial charge in [-0.3, -0.25) is 4.79 Å². The zero-order valence-corrected chi connectivity index (χ0v) is 15.6. The Hall–Kier alpha value is -0.850. The number of fused-ring (bicyclic) bond motifs is 3. The molecule has 0 aromatic heterocycles. The molecule has 4 rings (SSSR count). The lowest BCUT2D eigenvalue weighted by Crippen LogP contribution is -2.45. The van der Waals surface area contributed by atoms with Gasteiger partial charge in [-0.1, -0.05) is 31.9 Å². The second-order valence-electron chi connectivity index (χ2n) is 9.57. The van der Waals surface area contributed by atoms with Gasteiger partial charge in [-0.2, -0.15) is 0 Å². The highest BCUT2D eigenvalue weighted by Crippen LogP contribution is 2.75. The Balaban J connectivity index is 1.65. The molecule has 0 aromatic carbocycles. The van der Waals surface area contributed by atoms with Crippen molar-refractivity contribution in [2.45, 2.75) is 71.6 Å². The van der Waals surface area contributed by atoms with Crippen molar-refractivity contribution in [3.05, 3.63) is 24.3 Å². The molecular formula is C23H34O. The largest absolute Gasteiger partial charge is 0.299 e. The molecule has 24 heavy (non-hydrogen) atoms. The van der Waals surface area contributed by atoms with E-state index in [1.165, 1.54) is 63.4 Å². The Labute approximate surface area is 148 Å². The third kappa shape index (κ3) is 2.22. The molecule has 0 aliphatic heterocycles. The first kappa shape index (κ1) is 16.6. The molecule has 0 bridgehead atoms. The second kappa shape index (κ2) is 5.85. The van der Waals surface area contributed by atoms with E-state index in [1.54, 1.807) is 0 Å². The lowest BCUT2D eigenvalue weighted by molar-refractivity contribution is -0.104. The molecule has 4 aliphatic carbocycles. The zero-order valence-electron chi connectivity index (χ0n) is 15.6. The van der Waals surface area contributed by atoms with Crippen LogP contribution in [0.5, 0.6) is 0 Å². The number of hydrogen-bond acceptors (Lipinski definition) is 1. The summed E-state index contributed by atoms with van der Waals surface area (Å²) in [4.78, 5) is 11.1. The van der Waals surface area contributed by atoms with E-state index in [0.29, 0.717) is 16.7 Å². The van der Waals surface area contributed by atoms with Crippen LogP contribution in [0.25, 0.3) is 0 Å². The minimum absolute atomic E-state index is 0.502. The van der Waals surface area contributed by atoms with Crippen molar-refractivity contribution in [3.8, 4) is 0 Å². The molecule has 0 amide bonds. The quantitative estimate of drug-likeness (QED) is 0.354. The average molecular weight is 327 g/mol. The molecule has 132 valence electrons. The van der Waals surface area contributed by atoms with Crippen LogP contribution in [-0.2, 0) is 4.79 Å². The third-order valence-corrected chi connectivity index (χ3v) is 8.70. The van der Waals surface area contributed by atoms with Crippen molar-refractivity contribution < 1.29 is 4.79 Å². The number of carbonyl (C=O) groups excluding carboxylic acids is 1. The summed E-state index contributed by atoms with van der Waals surface area (Å²) in [6.45, 7) is 9.15. The fraction of sp³-hybridized carbons (Fsp3) is 0.783. The average Bonchev–Trinajstić information content (AvgIpc) is 3.27. The first-order chi connectivity index (χ1) is 11.6. The molecule has 1 spiro atoms. The van der Waals surface area contributed by atoms with Crippen LogP contribution in [0.15, 0.2) is 24.3 Å². The molecule has 4 aliphatic rings. The second-order valence-corrected chi connectivity index (χ2v) is 9.57. The maximum atomic E-state index is 11.1. The van der Waals surface area contributed by atoms with E-state index in [0.717, 1.165) is 30.0 Å². The fourth-order valence-electron chi connectivity index (χ4n) is 7.61. The van der Waals surface area contributed by atoms with E-state index >= 15 is 0 Å². The molecule has 0 aromatic rings. The molecule has 0 radical (unpaired) electrons. The van der Waals surface area contributed by atoms with Crippen molar-refractivity contribution in [1.29, 1.82) is 0 Å². The van der Waals surface area contributed by atoms with Crippen LogP contribution >= 0.6 is 0 Å². The van der Waals surface area contributed by atoms with Gasteiger partial charge in [0.2, 0.25) is 0 Å². The van der Waals surface area contributed by atoms with Crippen LogP contribution in [0, 0.1) is 40.4 Å². The lowest BCUT2D eigenvalue weighted by atomic mass is 9.52. The van der Waals surface area contributed by atoms with Gasteiger partial charge in [-0.25, -0.2) is 0 Å². The van der Waals surface area contributed by atoms with E-state index in [1.807, 2.05) is 6.08 Å². The first-order valence-corrected chi connectivity index (χ1v) is 10.4. The number of aldehydes is 1. The van der Waals surface area contributed by atoms with E-state index < -0.39 is 0 Å². The van der Waals surface area contributed by atoms with E-state index in [2.05, 4.69) is 26.5 Å². The molecule has 6 atom stereocenters. The van der Waals surface area contributed by atoms with Crippen LogP contribution in [-0.4, -0.2) is 6.29 Å². The van der Waals surface area contributed by atoms with Crippen molar-refractivity contribution in [1.82, 2.24) is 0 Å². The van der Waals surface area contributed by atoms with E-state index in [4.69, 9.17) is 0 Å². The molecule has 0 saturated heterocycles. The highest BCUT2D eigenvalue weighted by atomic mass is 16.1. The van der Waals surface area contributed by atoms with Crippen LogP contribution in [0.2, 0.25) is 0 Å². The van der Waals surface area contributed by atoms with Crippen LogP contribution in [0.3, 0.4) is 0 Å². The molecule has 1 heteroatoms. The number of carbonyl (C=O) groups is 1. The summed E-state index contributed by atoms with van der Waals surface area (Å²) in [5.41, 5.74) is 2.60. The minimum Gasteiger partial charge on any atom is -0.299 e. The van der Waals surface area contributed by atoms with Gasteiger partial charge >= 0.3 is 0 Å². The standard InChI is InChI=1S/C23H34O/c1-4-6-17-16(10-14-24)7-8-19-18(17)9-11-22(3)20(19)15-23(12-13-23)21(22)5-2/h5,10,14,17-21H,2,4,6-9,11-13,15H2,1,3H3/b16-10-. The molecule has 4 fully saturated rings. The predicted molar refractivity (Wildman–Crippen MR) is 99.6 cm³/mol. The fourth-order valence-corrected chi connectivity index (χ4v) is 7.61. The summed E-state index contributed by atoms with van der Waals surface area (Å²) in [5.74, 6) is 4.07. The van der Waals surface area contributed by atoms with E-state index in [-0.39, 0.29) is 0 Å². The molecule has 1 nitrogen and oxygen atoms in total. The maximum Gasteiger partial charge on any atom is 0.142 e. The Bertz CT molecular complexity index is 554.